The van der Waals surface area contributed by atoms with Gasteiger partial charge in [-0.15, -0.1) is 0 Å². The van der Waals surface area contributed by atoms with Crippen molar-refractivity contribution in [3.63, 3.8) is 0 Å². The Morgan fingerprint density at radius 3 is 2.45 bits per heavy atom. The fourth-order valence-electron chi connectivity index (χ4n) is 2.82. The van der Waals surface area contributed by atoms with Crippen LogP contribution in [0.3, 0.4) is 0 Å². The van der Waals surface area contributed by atoms with E-state index in [0.29, 0.717) is 24.2 Å². The number of ether oxygens (including phenoxy) is 1. The lowest BCUT2D eigenvalue weighted by molar-refractivity contribution is 0.0352. The Balaban J connectivity index is 1.76. The molecule has 0 spiro atoms. The van der Waals surface area contributed by atoms with Crippen LogP contribution in [0.5, 0.6) is 0 Å². The summed E-state index contributed by atoms with van der Waals surface area (Å²) in [4.78, 5) is 23.7. The predicted molar refractivity (Wildman–Crippen MR) is 84.2 cm³/mol. The first-order valence-corrected chi connectivity index (χ1v) is 7.49. The second-order valence-corrected chi connectivity index (χ2v) is 5.57. The van der Waals surface area contributed by atoms with E-state index in [1.54, 1.807) is 24.3 Å². The minimum Gasteiger partial charge on any atom is -0.373 e. The van der Waals surface area contributed by atoms with Gasteiger partial charge in [-0.05, 0) is 24.5 Å². The van der Waals surface area contributed by atoms with Gasteiger partial charge in [0.05, 0.1) is 12.7 Å². The summed E-state index contributed by atoms with van der Waals surface area (Å²) in [5.74, 6) is 0.0420. The maximum absolute atomic E-state index is 12.4. The Labute approximate surface area is 129 Å². The molecule has 1 heterocycles. The van der Waals surface area contributed by atoms with Crippen LogP contribution in [0.2, 0.25) is 0 Å². The van der Waals surface area contributed by atoms with Crippen molar-refractivity contribution in [2.45, 2.75) is 25.9 Å². The molecule has 0 aliphatic carbocycles. The van der Waals surface area contributed by atoms with E-state index < -0.39 is 0 Å². The van der Waals surface area contributed by atoms with E-state index >= 15 is 0 Å². The quantitative estimate of drug-likeness (QED) is 0.806. The van der Waals surface area contributed by atoms with Crippen LogP contribution in [0, 0.1) is 0 Å². The summed E-state index contributed by atoms with van der Waals surface area (Å²) in [6, 6.07) is 15.0. The lowest BCUT2D eigenvalue weighted by atomic mass is 9.93. The topological polar surface area (TPSA) is 43.4 Å². The summed E-state index contributed by atoms with van der Waals surface area (Å²) in [5, 5.41) is 0. The molecule has 2 aromatic carbocycles. The molecule has 0 amide bonds. The Hall–Kier alpha value is -2.26. The number of benzene rings is 2. The SMILES string of the molecule is CC(=O)c1ccc(C(=O)CC2OCCc3ccccc32)cc1. The van der Waals surface area contributed by atoms with Crippen LogP contribution in [-0.2, 0) is 11.2 Å². The number of hydrogen-bond donors (Lipinski definition) is 0. The average molecular weight is 294 g/mol. The number of fused-ring (bicyclic) bond motifs is 1. The summed E-state index contributed by atoms with van der Waals surface area (Å²) in [6.45, 7) is 2.17. The molecule has 3 nitrogen and oxygen atoms in total. The number of carbonyl (C=O) groups is 2. The minimum absolute atomic E-state index is 0.00328. The summed E-state index contributed by atoms with van der Waals surface area (Å²) in [5.41, 5.74) is 3.62. The molecule has 0 bridgehead atoms. The van der Waals surface area contributed by atoms with E-state index in [2.05, 4.69) is 6.07 Å². The fourth-order valence-corrected chi connectivity index (χ4v) is 2.82. The van der Waals surface area contributed by atoms with Crippen molar-refractivity contribution in [3.8, 4) is 0 Å². The Bertz CT molecular complexity index is 701. The number of rotatable bonds is 4. The molecular formula is C19H18O3. The smallest absolute Gasteiger partial charge is 0.165 e. The molecule has 0 N–H and O–H groups in total. The lowest BCUT2D eigenvalue weighted by Crippen LogP contribution is -2.19. The molecule has 1 atom stereocenters. The van der Waals surface area contributed by atoms with Crippen molar-refractivity contribution in [1.29, 1.82) is 0 Å². The predicted octanol–water partition coefficient (Wildman–Crippen LogP) is 3.78. The molecule has 0 saturated heterocycles. The molecule has 0 fully saturated rings. The normalized spacial score (nSPS) is 16.9. The molecule has 1 aliphatic heterocycles. The molecule has 22 heavy (non-hydrogen) atoms. The summed E-state index contributed by atoms with van der Waals surface area (Å²) >= 11 is 0. The van der Waals surface area contributed by atoms with Gasteiger partial charge in [0.15, 0.2) is 11.6 Å². The van der Waals surface area contributed by atoms with Crippen LogP contribution in [0.4, 0.5) is 0 Å². The summed E-state index contributed by atoms with van der Waals surface area (Å²) in [6.07, 6.45) is 1.05. The zero-order valence-electron chi connectivity index (χ0n) is 12.5. The molecule has 3 heteroatoms. The highest BCUT2D eigenvalue weighted by atomic mass is 16.5. The van der Waals surface area contributed by atoms with Gasteiger partial charge >= 0.3 is 0 Å². The first-order chi connectivity index (χ1) is 10.6. The van der Waals surface area contributed by atoms with Crippen molar-refractivity contribution in [3.05, 3.63) is 70.8 Å². The third kappa shape index (κ3) is 3.00. The Morgan fingerprint density at radius 2 is 1.73 bits per heavy atom. The van der Waals surface area contributed by atoms with E-state index in [1.165, 1.54) is 12.5 Å². The molecule has 0 aromatic heterocycles. The van der Waals surface area contributed by atoms with Gasteiger partial charge in [0.2, 0.25) is 0 Å². The van der Waals surface area contributed by atoms with Crippen LogP contribution in [0.25, 0.3) is 0 Å². The average Bonchev–Trinajstić information content (AvgIpc) is 2.55. The van der Waals surface area contributed by atoms with Crippen molar-refractivity contribution >= 4 is 11.6 Å². The van der Waals surface area contributed by atoms with Crippen LogP contribution < -0.4 is 0 Å². The van der Waals surface area contributed by atoms with Crippen molar-refractivity contribution < 1.29 is 14.3 Å². The molecule has 1 unspecified atom stereocenters. The maximum atomic E-state index is 12.4. The van der Waals surface area contributed by atoms with Gasteiger partial charge in [-0.25, -0.2) is 0 Å². The lowest BCUT2D eigenvalue weighted by Gasteiger charge is -2.25. The van der Waals surface area contributed by atoms with Gasteiger partial charge in [0.25, 0.3) is 0 Å². The maximum Gasteiger partial charge on any atom is 0.165 e. The number of Topliss-reactive ketones (excluding diaryl/α,β-unsaturated/α-hetero) is 2. The molecule has 112 valence electrons. The van der Waals surface area contributed by atoms with Crippen LogP contribution in [-0.4, -0.2) is 18.2 Å². The van der Waals surface area contributed by atoms with Gasteiger partial charge in [-0.2, -0.15) is 0 Å². The second-order valence-electron chi connectivity index (χ2n) is 5.57. The highest BCUT2D eigenvalue weighted by Crippen LogP contribution is 2.30. The monoisotopic (exact) mass is 294 g/mol. The highest BCUT2D eigenvalue weighted by molar-refractivity contribution is 5.99. The molecule has 1 aliphatic rings. The van der Waals surface area contributed by atoms with E-state index in [1.807, 2.05) is 18.2 Å². The molecule has 2 aromatic rings. The standard InChI is InChI=1S/C19H18O3/c1-13(20)14-6-8-16(9-7-14)18(21)12-19-17-5-3-2-4-15(17)10-11-22-19/h2-9,19H,10-12H2,1H3. The number of ketones is 2. The first-order valence-electron chi connectivity index (χ1n) is 7.49. The van der Waals surface area contributed by atoms with Crippen molar-refractivity contribution in [1.82, 2.24) is 0 Å². The molecule has 0 saturated carbocycles. The highest BCUT2D eigenvalue weighted by Gasteiger charge is 2.23. The third-order valence-corrected chi connectivity index (χ3v) is 4.08. The zero-order valence-corrected chi connectivity index (χ0v) is 12.5. The van der Waals surface area contributed by atoms with E-state index in [9.17, 15) is 9.59 Å². The molecule has 0 radical (unpaired) electrons. The zero-order chi connectivity index (χ0) is 15.5. The van der Waals surface area contributed by atoms with Gasteiger partial charge in [-0.3, -0.25) is 9.59 Å². The summed E-state index contributed by atoms with van der Waals surface area (Å²) < 4.78 is 5.78. The largest absolute Gasteiger partial charge is 0.373 e. The van der Waals surface area contributed by atoms with Gasteiger partial charge in [0.1, 0.15) is 0 Å². The van der Waals surface area contributed by atoms with Gasteiger partial charge < -0.3 is 4.74 Å². The number of hydrogen-bond acceptors (Lipinski definition) is 3. The minimum atomic E-state index is -0.176. The van der Waals surface area contributed by atoms with Crippen LogP contribution in [0.1, 0.15) is 51.3 Å². The molecule has 3 rings (SSSR count). The summed E-state index contributed by atoms with van der Waals surface area (Å²) in [7, 11) is 0. The first kappa shape index (κ1) is 14.7. The van der Waals surface area contributed by atoms with E-state index in [-0.39, 0.29) is 17.7 Å². The second kappa shape index (κ2) is 6.24. The Kier molecular flexibility index (Phi) is 4.16. The van der Waals surface area contributed by atoms with Crippen LogP contribution >= 0.6 is 0 Å². The van der Waals surface area contributed by atoms with Gasteiger partial charge in [-0.1, -0.05) is 48.5 Å². The third-order valence-electron chi connectivity index (χ3n) is 4.08. The van der Waals surface area contributed by atoms with Crippen LogP contribution in [0.15, 0.2) is 48.5 Å². The molecular weight excluding hydrogens is 276 g/mol. The van der Waals surface area contributed by atoms with Crippen molar-refractivity contribution in [2.24, 2.45) is 0 Å². The number of carbonyl (C=O) groups excluding carboxylic acids is 2. The van der Waals surface area contributed by atoms with E-state index in [4.69, 9.17) is 4.74 Å². The Morgan fingerprint density at radius 1 is 1.05 bits per heavy atom. The van der Waals surface area contributed by atoms with E-state index in [0.717, 1.165) is 12.0 Å². The fraction of sp³-hybridized carbons (Fsp3) is 0.263. The van der Waals surface area contributed by atoms with Crippen molar-refractivity contribution in [2.75, 3.05) is 6.61 Å². The van der Waals surface area contributed by atoms with Gasteiger partial charge in [0, 0.05) is 17.5 Å².